The molecule has 0 spiro atoms. The van der Waals surface area contributed by atoms with Gasteiger partial charge >= 0.3 is 6.03 Å². The lowest BCUT2D eigenvalue weighted by Crippen LogP contribution is -2.50. The molecule has 5 rings (SSSR count). The summed E-state index contributed by atoms with van der Waals surface area (Å²) in [6, 6.07) is 23.3. The molecule has 0 saturated carbocycles. The molecule has 2 aliphatic heterocycles. The first-order valence-electron chi connectivity index (χ1n) is 11.6. The molecule has 0 radical (unpaired) electrons. The van der Waals surface area contributed by atoms with Crippen molar-refractivity contribution in [2.75, 3.05) is 24.6 Å². The topological polar surface area (TPSA) is 61.9 Å². The number of amides is 3. The summed E-state index contributed by atoms with van der Waals surface area (Å²) in [5.41, 5.74) is 2.38. The summed E-state index contributed by atoms with van der Waals surface area (Å²) in [7, 11) is 0. The van der Waals surface area contributed by atoms with E-state index in [1.807, 2.05) is 71.3 Å². The van der Waals surface area contributed by atoms with E-state index in [1.165, 1.54) is 0 Å². The van der Waals surface area contributed by atoms with Crippen LogP contribution in [0.3, 0.4) is 0 Å². The second-order valence-corrected chi connectivity index (χ2v) is 9.40. The Morgan fingerprint density at radius 1 is 0.912 bits per heavy atom. The summed E-state index contributed by atoms with van der Waals surface area (Å²) in [4.78, 5) is 32.4. The molecule has 2 aliphatic rings. The van der Waals surface area contributed by atoms with E-state index < -0.39 is 0 Å². The number of hydrogen-bond donors (Lipinski definition) is 1. The van der Waals surface area contributed by atoms with Crippen LogP contribution in [0.5, 0.6) is 5.75 Å². The number of piperidine rings is 1. The number of carbonyl (C=O) groups excluding carboxylic acids is 2. The lowest BCUT2D eigenvalue weighted by atomic mass is 10.0. The molecule has 3 aromatic rings. The van der Waals surface area contributed by atoms with Crippen molar-refractivity contribution in [3.63, 3.8) is 0 Å². The van der Waals surface area contributed by atoms with Gasteiger partial charge in [0.05, 0.1) is 23.5 Å². The first-order chi connectivity index (χ1) is 16.7. The lowest BCUT2D eigenvalue weighted by molar-refractivity contribution is 0.0915. The maximum Gasteiger partial charge on any atom is 0.329 e. The van der Waals surface area contributed by atoms with Gasteiger partial charge in [0.25, 0.3) is 5.91 Å². The molecule has 6 nitrogen and oxygen atoms in total. The molecule has 34 heavy (non-hydrogen) atoms. The highest BCUT2D eigenvalue weighted by Gasteiger charge is 2.33. The highest BCUT2D eigenvalue weighted by molar-refractivity contribution is 7.99. The van der Waals surface area contributed by atoms with Crippen LogP contribution in [0.25, 0.3) is 0 Å². The monoisotopic (exact) mass is 473 g/mol. The van der Waals surface area contributed by atoms with Crippen LogP contribution in [0.15, 0.2) is 82.6 Å². The third kappa shape index (κ3) is 4.35. The van der Waals surface area contributed by atoms with Gasteiger partial charge in [0.15, 0.2) is 0 Å². The Hall–Kier alpha value is -3.45. The van der Waals surface area contributed by atoms with Crippen molar-refractivity contribution in [2.24, 2.45) is 0 Å². The fourth-order valence-electron chi connectivity index (χ4n) is 4.47. The number of anilines is 2. The van der Waals surface area contributed by atoms with Gasteiger partial charge in [0.1, 0.15) is 5.75 Å². The van der Waals surface area contributed by atoms with Gasteiger partial charge in [-0.15, -0.1) is 0 Å². The summed E-state index contributed by atoms with van der Waals surface area (Å²) in [6.45, 7) is 3.58. The molecule has 3 amide bonds. The zero-order valence-electron chi connectivity index (χ0n) is 19.1. The molecular formula is C27H27N3O3S. The van der Waals surface area contributed by atoms with Gasteiger partial charge in [-0.2, -0.15) is 0 Å². The molecule has 1 N–H and O–H groups in total. The van der Waals surface area contributed by atoms with Crippen LogP contribution in [0.2, 0.25) is 0 Å². The van der Waals surface area contributed by atoms with E-state index in [2.05, 4.69) is 17.4 Å². The van der Waals surface area contributed by atoms with Crippen LogP contribution in [-0.2, 0) is 0 Å². The van der Waals surface area contributed by atoms with Crippen molar-refractivity contribution in [1.82, 2.24) is 10.2 Å². The summed E-state index contributed by atoms with van der Waals surface area (Å²) in [5.74, 6) is 0.458. The molecule has 0 aromatic heterocycles. The van der Waals surface area contributed by atoms with Crippen molar-refractivity contribution in [1.29, 1.82) is 0 Å². The van der Waals surface area contributed by atoms with Crippen molar-refractivity contribution in [3.05, 3.63) is 78.4 Å². The minimum Gasteiger partial charge on any atom is -0.493 e. The first kappa shape index (κ1) is 22.3. The van der Waals surface area contributed by atoms with Crippen LogP contribution in [0.1, 0.15) is 30.1 Å². The number of para-hydroxylation sites is 3. The Kier molecular flexibility index (Phi) is 6.45. The van der Waals surface area contributed by atoms with Gasteiger partial charge < -0.3 is 15.0 Å². The van der Waals surface area contributed by atoms with Gasteiger partial charge in [0.2, 0.25) is 0 Å². The van der Waals surface area contributed by atoms with E-state index in [9.17, 15) is 9.59 Å². The number of benzene rings is 3. The highest BCUT2D eigenvalue weighted by Crippen LogP contribution is 2.48. The zero-order chi connectivity index (χ0) is 23.5. The number of carbonyl (C=O) groups is 2. The molecule has 1 saturated heterocycles. The smallest absolute Gasteiger partial charge is 0.329 e. The van der Waals surface area contributed by atoms with Gasteiger partial charge in [-0.3, -0.25) is 9.69 Å². The minimum absolute atomic E-state index is 0.0164. The van der Waals surface area contributed by atoms with Crippen LogP contribution >= 0.6 is 11.8 Å². The largest absolute Gasteiger partial charge is 0.493 e. The molecule has 0 bridgehead atoms. The Labute approximate surface area is 203 Å². The van der Waals surface area contributed by atoms with E-state index in [1.54, 1.807) is 17.8 Å². The number of nitrogens with zero attached hydrogens (tertiary/aromatic N) is 2. The quantitative estimate of drug-likeness (QED) is 0.528. The van der Waals surface area contributed by atoms with E-state index in [0.29, 0.717) is 43.9 Å². The minimum atomic E-state index is -0.135. The molecule has 174 valence electrons. The molecule has 7 heteroatoms. The second-order valence-electron chi connectivity index (χ2n) is 8.32. The SMILES string of the molecule is CCOc1ccccc1C(=O)NC1CCN(C(=O)N2c3ccccc3Sc3ccccc32)CC1. The number of fused-ring (bicyclic) bond motifs is 2. The zero-order valence-corrected chi connectivity index (χ0v) is 19.9. The Bertz CT molecular complexity index is 1160. The van der Waals surface area contributed by atoms with Crippen molar-refractivity contribution in [3.8, 4) is 5.75 Å². The van der Waals surface area contributed by atoms with Crippen molar-refractivity contribution < 1.29 is 14.3 Å². The number of nitrogens with one attached hydrogen (secondary N) is 1. The standard InChI is InChI=1S/C27H27N3O3S/c1-2-33-23-12-6-3-9-20(23)26(31)28-19-15-17-29(18-16-19)27(32)30-21-10-4-7-13-24(21)34-25-14-8-5-11-22(25)30/h3-14,19H,2,15-18H2,1H3,(H,28,31). The first-order valence-corrected chi connectivity index (χ1v) is 12.4. The molecule has 2 heterocycles. The fraction of sp³-hybridized carbons (Fsp3) is 0.259. The Morgan fingerprint density at radius 3 is 2.15 bits per heavy atom. The fourth-order valence-corrected chi connectivity index (χ4v) is 5.52. The van der Waals surface area contributed by atoms with Gasteiger partial charge in [-0.1, -0.05) is 48.2 Å². The Balaban J connectivity index is 1.27. The van der Waals surface area contributed by atoms with Gasteiger partial charge in [-0.25, -0.2) is 4.79 Å². The van der Waals surface area contributed by atoms with Crippen molar-refractivity contribution in [2.45, 2.75) is 35.6 Å². The molecule has 0 unspecified atom stereocenters. The number of hydrogen-bond acceptors (Lipinski definition) is 4. The van der Waals surface area contributed by atoms with Crippen LogP contribution in [0, 0.1) is 0 Å². The van der Waals surface area contributed by atoms with E-state index >= 15 is 0 Å². The lowest BCUT2D eigenvalue weighted by Gasteiger charge is -2.38. The van der Waals surface area contributed by atoms with Crippen LogP contribution < -0.4 is 15.0 Å². The number of rotatable bonds is 4. The van der Waals surface area contributed by atoms with Gasteiger partial charge in [-0.05, 0) is 56.2 Å². The predicted octanol–water partition coefficient (Wildman–Crippen LogP) is 5.70. The molecule has 0 atom stereocenters. The number of likely N-dealkylation sites (tertiary alicyclic amines) is 1. The molecular weight excluding hydrogens is 446 g/mol. The van der Waals surface area contributed by atoms with E-state index in [4.69, 9.17) is 4.74 Å². The van der Waals surface area contributed by atoms with Crippen molar-refractivity contribution >= 4 is 35.1 Å². The highest BCUT2D eigenvalue weighted by atomic mass is 32.2. The summed E-state index contributed by atoms with van der Waals surface area (Å²) >= 11 is 1.69. The second kappa shape index (κ2) is 9.81. The normalized spacial score (nSPS) is 15.3. The number of ether oxygens (including phenoxy) is 1. The molecule has 0 aliphatic carbocycles. The maximum atomic E-state index is 13.7. The predicted molar refractivity (Wildman–Crippen MR) is 134 cm³/mol. The molecule has 1 fully saturated rings. The summed E-state index contributed by atoms with van der Waals surface area (Å²) in [6.07, 6.45) is 1.42. The van der Waals surface area contributed by atoms with E-state index in [0.717, 1.165) is 21.2 Å². The van der Waals surface area contributed by atoms with Crippen LogP contribution in [0.4, 0.5) is 16.2 Å². The Morgan fingerprint density at radius 2 is 1.50 bits per heavy atom. The van der Waals surface area contributed by atoms with E-state index in [-0.39, 0.29) is 18.0 Å². The number of urea groups is 1. The third-order valence-corrected chi connectivity index (χ3v) is 7.29. The average Bonchev–Trinajstić information content (AvgIpc) is 2.88. The molecule has 3 aromatic carbocycles. The summed E-state index contributed by atoms with van der Waals surface area (Å²) < 4.78 is 5.60. The third-order valence-electron chi connectivity index (χ3n) is 6.16. The maximum absolute atomic E-state index is 13.7. The average molecular weight is 474 g/mol. The van der Waals surface area contributed by atoms with Crippen LogP contribution in [-0.4, -0.2) is 42.6 Å². The summed E-state index contributed by atoms with van der Waals surface area (Å²) in [5, 5.41) is 3.13. The van der Waals surface area contributed by atoms with Gasteiger partial charge in [0, 0.05) is 28.9 Å².